The summed E-state index contributed by atoms with van der Waals surface area (Å²) in [6.07, 6.45) is 1.02. The minimum atomic E-state index is -0.00792. The van der Waals surface area contributed by atoms with Gasteiger partial charge in [0.2, 0.25) is 5.91 Å². The number of carbonyl (C=O) groups excluding carboxylic acids is 1. The van der Waals surface area contributed by atoms with Gasteiger partial charge in [0, 0.05) is 11.5 Å². The van der Waals surface area contributed by atoms with Gasteiger partial charge in [-0.2, -0.15) is 0 Å². The van der Waals surface area contributed by atoms with E-state index in [-0.39, 0.29) is 17.9 Å². The molecule has 1 aromatic carbocycles. The van der Waals surface area contributed by atoms with E-state index < -0.39 is 0 Å². The lowest BCUT2D eigenvalue weighted by atomic mass is 10.1. The van der Waals surface area contributed by atoms with Crippen molar-refractivity contribution in [1.29, 1.82) is 0 Å². The molecule has 1 aromatic rings. The first-order chi connectivity index (χ1) is 8.13. The van der Waals surface area contributed by atoms with Crippen LogP contribution >= 0.6 is 0 Å². The van der Waals surface area contributed by atoms with E-state index in [1.807, 2.05) is 31.2 Å². The minimum Gasteiger partial charge on any atom is -0.496 e. The van der Waals surface area contributed by atoms with Crippen LogP contribution in [0.4, 0.5) is 0 Å². The fraction of sp³-hybridized carbons (Fsp3) is 0.500. The average Bonchev–Trinajstić information content (AvgIpc) is 3.06. The summed E-state index contributed by atoms with van der Waals surface area (Å²) in [7, 11) is 1.65. The maximum atomic E-state index is 11.8. The molecule has 1 aliphatic carbocycles. The van der Waals surface area contributed by atoms with Crippen LogP contribution in [0.5, 0.6) is 5.75 Å². The highest BCUT2D eigenvalue weighted by molar-refractivity contribution is 5.81. The van der Waals surface area contributed by atoms with Crippen molar-refractivity contribution < 1.29 is 9.53 Å². The number of carbonyl (C=O) groups is 1. The van der Waals surface area contributed by atoms with Gasteiger partial charge in [0.25, 0.3) is 0 Å². The van der Waals surface area contributed by atoms with Crippen LogP contribution in [0.3, 0.4) is 0 Å². The zero-order chi connectivity index (χ0) is 12.4. The molecule has 1 saturated carbocycles. The number of hydrogen-bond donors (Lipinski definition) is 1. The van der Waals surface area contributed by atoms with Gasteiger partial charge in [-0.3, -0.25) is 4.79 Å². The van der Waals surface area contributed by atoms with Crippen LogP contribution in [-0.4, -0.2) is 13.0 Å². The first kappa shape index (κ1) is 12.0. The molecule has 1 aliphatic rings. The smallest absolute Gasteiger partial charge is 0.223 e. The van der Waals surface area contributed by atoms with E-state index >= 15 is 0 Å². The maximum Gasteiger partial charge on any atom is 0.223 e. The number of amides is 1. The molecule has 0 spiro atoms. The average molecular weight is 233 g/mol. The van der Waals surface area contributed by atoms with E-state index in [9.17, 15) is 4.79 Å². The second-order valence-corrected chi connectivity index (χ2v) is 4.79. The van der Waals surface area contributed by atoms with Crippen LogP contribution in [0.1, 0.15) is 31.9 Å². The molecule has 92 valence electrons. The van der Waals surface area contributed by atoms with Gasteiger partial charge in [-0.1, -0.05) is 25.1 Å². The topological polar surface area (TPSA) is 38.3 Å². The Labute approximate surface area is 102 Å². The Bertz CT molecular complexity index is 416. The van der Waals surface area contributed by atoms with Crippen molar-refractivity contribution >= 4 is 5.91 Å². The molecule has 1 fully saturated rings. The Morgan fingerprint density at radius 2 is 2.12 bits per heavy atom. The Hall–Kier alpha value is -1.51. The van der Waals surface area contributed by atoms with Crippen LogP contribution in [0.25, 0.3) is 0 Å². The van der Waals surface area contributed by atoms with E-state index in [4.69, 9.17) is 4.74 Å². The normalized spacial score (nSPS) is 23.9. The van der Waals surface area contributed by atoms with Crippen LogP contribution in [-0.2, 0) is 4.79 Å². The Morgan fingerprint density at radius 1 is 1.47 bits per heavy atom. The zero-order valence-electron chi connectivity index (χ0n) is 10.6. The molecular formula is C14H19NO2. The molecule has 0 bridgehead atoms. The summed E-state index contributed by atoms with van der Waals surface area (Å²) in [6.45, 7) is 4.10. The molecular weight excluding hydrogens is 214 g/mol. The van der Waals surface area contributed by atoms with E-state index in [0.29, 0.717) is 5.92 Å². The quantitative estimate of drug-likeness (QED) is 0.867. The lowest BCUT2D eigenvalue weighted by molar-refractivity contribution is -0.123. The van der Waals surface area contributed by atoms with Gasteiger partial charge in [-0.25, -0.2) is 0 Å². The zero-order valence-corrected chi connectivity index (χ0v) is 10.6. The summed E-state index contributed by atoms with van der Waals surface area (Å²) < 4.78 is 5.29. The molecule has 2 rings (SSSR count). The first-order valence-electron chi connectivity index (χ1n) is 6.06. The number of methoxy groups -OCH3 is 1. The second kappa shape index (κ2) is 4.78. The predicted molar refractivity (Wildman–Crippen MR) is 66.8 cm³/mol. The second-order valence-electron chi connectivity index (χ2n) is 4.79. The third-order valence-corrected chi connectivity index (χ3v) is 3.41. The highest BCUT2D eigenvalue weighted by atomic mass is 16.5. The van der Waals surface area contributed by atoms with Gasteiger partial charge in [0.1, 0.15) is 5.75 Å². The summed E-state index contributed by atoms with van der Waals surface area (Å²) >= 11 is 0. The monoisotopic (exact) mass is 233 g/mol. The lowest BCUT2D eigenvalue weighted by Crippen LogP contribution is -2.28. The molecule has 0 aromatic heterocycles. The molecule has 0 aliphatic heterocycles. The Morgan fingerprint density at radius 3 is 2.71 bits per heavy atom. The van der Waals surface area contributed by atoms with Crippen molar-refractivity contribution in [1.82, 2.24) is 5.32 Å². The van der Waals surface area contributed by atoms with Gasteiger partial charge in [-0.15, -0.1) is 0 Å². The number of benzene rings is 1. The largest absolute Gasteiger partial charge is 0.496 e. The van der Waals surface area contributed by atoms with E-state index in [0.717, 1.165) is 17.7 Å². The highest BCUT2D eigenvalue weighted by Crippen LogP contribution is 2.38. The molecule has 0 unspecified atom stereocenters. The van der Waals surface area contributed by atoms with Crippen LogP contribution < -0.4 is 10.1 Å². The maximum absolute atomic E-state index is 11.8. The Kier molecular flexibility index (Phi) is 3.36. The molecule has 3 heteroatoms. The van der Waals surface area contributed by atoms with Crippen molar-refractivity contribution in [2.75, 3.05) is 7.11 Å². The predicted octanol–water partition coefficient (Wildman–Crippen LogP) is 2.53. The molecule has 3 nitrogen and oxygen atoms in total. The SMILES string of the molecule is COc1ccccc1[C@H](C)NC(=O)[C@@H]1C[C@H]1C. The van der Waals surface area contributed by atoms with Crippen LogP contribution in [0.15, 0.2) is 24.3 Å². The van der Waals surface area contributed by atoms with E-state index in [1.54, 1.807) is 7.11 Å². The fourth-order valence-electron chi connectivity index (χ4n) is 2.11. The third-order valence-electron chi connectivity index (χ3n) is 3.41. The van der Waals surface area contributed by atoms with Gasteiger partial charge >= 0.3 is 0 Å². The molecule has 17 heavy (non-hydrogen) atoms. The van der Waals surface area contributed by atoms with Crippen molar-refractivity contribution in [3.8, 4) is 5.75 Å². The molecule has 0 heterocycles. The molecule has 0 radical (unpaired) electrons. The first-order valence-corrected chi connectivity index (χ1v) is 6.06. The molecule has 3 atom stereocenters. The summed E-state index contributed by atoms with van der Waals surface area (Å²) in [5, 5.41) is 3.04. The third kappa shape index (κ3) is 2.60. The van der Waals surface area contributed by atoms with E-state index in [2.05, 4.69) is 12.2 Å². The Balaban J connectivity index is 2.03. The number of nitrogens with one attached hydrogen (secondary N) is 1. The van der Waals surface area contributed by atoms with Gasteiger partial charge in [0.05, 0.1) is 13.2 Å². The number of para-hydroxylation sites is 1. The summed E-state index contributed by atoms with van der Waals surface area (Å²) in [5.74, 6) is 1.74. The van der Waals surface area contributed by atoms with Gasteiger partial charge in [0.15, 0.2) is 0 Å². The van der Waals surface area contributed by atoms with Crippen LogP contribution in [0, 0.1) is 11.8 Å². The van der Waals surface area contributed by atoms with Crippen molar-refractivity contribution in [3.63, 3.8) is 0 Å². The van der Waals surface area contributed by atoms with Crippen molar-refractivity contribution in [2.45, 2.75) is 26.3 Å². The standard InChI is InChI=1S/C14H19NO2/c1-9-8-12(9)14(16)15-10(2)11-6-4-5-7-13(11)17-3/h4-7,9-10,12H,8H2,1-3H3,(H,15,16)/t9-,10+,12-/m1/s1. The molecule has 1 N–H and O–H groups in total. The molecule has 1 amide bonds. The number of rotatable bonds is 4. The lowest BCUT2D eigenvalue weighted by Gasteiger charge is -2.17. The summed E-state index contributed by atoms with van der Waals surface area (Å²) in [4.78, 5) is 11.8. The van der Waals surface area contributed by atoms with Gasteiger partial charge in [-0.05, 0) is 25.3 Å². The number of ether oxygens (including phenoxy) is 1. The van der Waals surface area contributed by atoms with Crippen molar-refractivity contribution in [2.24, 2.45) is 11.8 Å². The van der Waals surface area contributed by atoms with E-state index in [1.165, 1.54) is 0 Å². The summed E-state index contributed by atoms with van der Waals surface area (Å²) in [5.41, 5.74) is 1.02. The highest BCUT2D eigenvalue weighted by Gasteiger charge is 2.39. The fourth-order valence-corrected chi connectivity index (χ4v) is 2.11. The van der Waals surface area contributed by atoms with Crippen LogP contribution in [0.2, 0.25) is 0 Å². The van der Waals surface area contributed by atoms with Crippen molar-refractivity contribution in [3.05, 3.63) is 29.8 Å². The molecule has 0 saturated heterocycles. The van der Waals surface area contributed by atoms with Gasteiger partial charge < -0.3 is 10.1 Å². The number of hydrogen-bond acceptors (Lipinski definition) is 2. The summed E-state index contributed by atoms with van der Waals surface area (Å²) in [6, 6.07) is 7.78. The minimum absolute atomic E-state index is 0.00792.